The number of carbonyl (C=O) groups excluding carboxylic acids is 3. The minimum atomic E-state index is -1.22. The van der Waals surface area contributed by atoms with Crippen molar-refractivity contribution in [3.05, 3.63) is 88.9 Å². The number of benzene rings is 3. The van der Waals surface area contributed by atoms with E-state index in [9.17, 15) is 14.4 Å². The van der Waals surface area contributed by atoms with E-state index in [1.807, 2.05) is 62.6 Å². The molecule has 1 fully saturated rings. The zero-order chi connectivity index (χ0) is 30.4. The normalized spacial score (nSPS) is 16.8. The number of rotatable bonds is 10. The first-order valence-electron chi connectivity index (χ1n) is 13.8. The molecular formula is C33H36ClNO6S. The molecule has 1 aliphatic rings. The first kappa shape index (κ1) is 31.4. The second kappa shape index (κ2) is 13.7. The molecule has 0 spiro atoms. The van der Waals surface area contributed by atoms with Crippen LogP contribution in [0.4, 0.5) is 4.79 Å². The molecule has 222 valence electrons. The van der Waals surface area contributed by atoms with Crippen molar-refractivity contribution >= 4 is 41.2 Å². The lowest BCUT2D eigenvalue weighted by molar-refractivity contribution is -0.160. The standard InChI is InChI=1S/C33H36ClNO6S/c1-21(2)20-39-31(37)33(3,4)41-26-8-6-7-23(17-26)28-18-35(32(38)40-25-13-11-24(34)12-14-25)19-29(28)30(36)22-9-15-27(42-5)16-10-22/h6-17,21,28-29H,18-20H2,1-5H3/t28-,29?/m1/s1. The van der Waals surface area contributed by atoms with Gasteiger partial charge in [-0.25, -0.2) is 9.59 Å². The maximum Gasteiger partial charge on any atom is 0.415 e. The summed E-state index contributed by atoms with van der Waals surface area (Å²) in [6.07, 6.45) is 1.44. The molecule has 4 rings (SSSR count). The Morgan fingerprint density at radius 2 is 1.67 bits per heavy atom. The van der Waals surface area contributed by atoms with Gasteiger partial charge in [0.05, 0.1) is 6.61 Å². The van der Waals surface area contributed by atoms with Gasteiger partial charge < -0.3 is 19.1 Å². The molecule has 0 bridgehead atoms. The summed E-state index contributed by atoms with van der Waals surface area (Å²) in [5.74, 6) is -0.311. The second-order valence-corrected chi connectivity index (χ2v) is 12.5. The Bertz CT molecular complexity index is 1410. The Kier molecular flexibility index (Phi) is 10.2. The van der Waals surface area contributed by atoms with Crippen LogP contribution in [0.5, 0.6) is 11.5 Å². The average molecular weight is 610 g/mol. The lowest BCUT2D eigenvalue weighted by atomic mass is 9.84. The summed E-state index contributed by atoms with van der Waals surface area (Å²) in [5, 5.41) is 0.535. The van der Waals surface area contributed by atoms with Crippen molar-refractivity contribution in [3.8, 4) is 11.5 Å². The van der Waals surface area contributed by atoms with E-state index in [0.29, 0.717) is 28.7 Å². The van der Waals surface area contributed by atoms with Gasteiger partial charge in [-0.2, -0.15) is 0 Å². The van der Waals surface area contributed by atoms with Crippen LogP contribution in [0, 0.1) is 11.8 Å². The fourth-order valence-corrected chi connectivity index (χ4v) is 5.29. The number of thioether (sulfide) groups is 1. The number of carbonyl (C=O) groups is 3. The fourth-order valence-electron chi connectivity index (χ4n) is 4.75. The number of Topliss-reactive ketones (excluding diaryl/α,β-unsaturated/α-hetero) is 1. The van der Waals surface area contributed by atoms with Crippen molar-refractivity contribution < 1.29 is 28.6 Å². The molecule has 1 amide bonds. The van der Waals surface area contributed by atoms with Crippen LogP contribution in [0.15, 0.2) is 77.7 Å². The Morgan fingerprint density at radius 1 is 0.976 bits per heavy atom. The average Bonchev–Trinajstić information content (AvgIpc) is 3.42. The molecular weight excluding hydrogens is 574 g/mol. The maximum absolute atomic E-state index is 13.8. The number of amides is 1. The highest BCUT2D eigenvalue weighted by molar-refractivity contribution is 7.98. The van der Waals surface area contributed by atoms with Gasteiger partial charge in [-0.05, 0) is 80.1 Å². The molecule has 0 radical (unpaired) electrons. The molecule has 1 aliphatic heterocycles. The number of ether oxygens (including phenoxy) is 3. The van der Waals surface area contributed by atoms with Gasteiger partial charge in [0.15, 0.2) is 11.4 Å². The van der Waals surface area contributed by atoms with Crippen LogP contribution in [-0.4, -0.2) is 54.3 Å². The summed E-state index contributed by atoms with van der Waals surface area (Å²) < 4.78 is 17.1. The summed E-state index contributed by atoms with van der Waals surface area (Å²) in [4.78, 5) is 42.3. The smallest absolute Gasteiger partial charge is 0.415 e. The van der Waals surface area contributed by atoms with Gasteiger partial charge in [0, 0.05) is 40.4 Å². The molecule has 0 N–H and O–H groups in total. The highest BCUT2D eigenvalue weighted by Crippen LogP contribution is 2.37. The number of ketones is 1. The molecule has 3 aromatic rings. The summed E-state index contributed by atoms with van der Waals surface area (Å²) >= 11 is 7.57. The summed E-state index contributed by atoms with van der Waals surface area (Å²) in [7, 11) is 0. The molecule has 0 aliphatic carbocycles. The summed E-state index contributed by atoms with van der Waals surface area (Å²) in [5.41, 5.74) is 0.183. The number of likely N-dealkylation sites (tertiary alicyclic amines) is 1. The van der Waals surface area contributed by atoms with Crippen molar-refractivity contribution in [2.24, 2.45) is 11.8 Å². The molecule has 1 unspecified atom stereocenters. The summed E-state index contributed by atoms with van der Waals surface area (Å²) in [6.45, 7) is 8.03. The van der Waals surface area contributed by atoms with Gasteiger partial charge in [0.25, 0.3) is 0 Å². The number of halogens is 1. The minimum absolute atomic E-state index is 0.0571. The number of hydrogen-bond acceptors (Lipinski definition) is 7. The monoisotopic (exact) mass is 609 g/mol. The lowest BCUT2D eigenvalue weighted by Crippen LogP contribution is -2.40. The molecule has 3 aromatic carbocycles. The number of esters is 1. The van der Waals surface area contributed by atoms with Crippen LogP contribution < -0.4 is 9.47 Å². The van der Waals surface area contributed by atoms with Crippen molar-refractivity contribution in [3.63, 3.8) is 0 Å². The van der Waals surface area contributed by atoms with Crippen LogP contribution in [0.2, 0.25) is 5.02 Å². The largest absolute Gasteiger partial charge is 0.476 e. The molecule has 0 saturated carbocycles. The SMILES string of the molecule is CSc1ccc(C(=O)C2CN(C(=O)Oc3ccc(Cl)cc3)C[C@@H]2c2cccc(OC(C)(C)C(=O)OCC(C)C)c2)cc1. The van der Waals surface area contributed by atoms with E-state index >= 15 is 0 Å². The van der Waals surface area contributed by atoms with E-state index in [0.717, 1.165) is 10.5 Å². The third kappa shape index (κ3) is 7.86. The molecule has 1 saturated heterocycles. The van der Waals surface area contributed by atoms with E-state index in [2.05, 4.69) is 0 Å². The number of nitrogens with zero attached hydrogens (tertiary/aromatic N) is 1. The van der Waals surface area contributed by atoms with Gasteiger partial charge in [-0.15, -0.1) is 11.8 Å². The van der Waals surface area contributed by atoms with Crippen molar-refractivity contribution in [1.29, 1.82) is 0 Å². The van der Waals surface area contributed by atoms with Gasteiger partial charge >= 0.3 is 12.1 Å². The van der Waals surface area contributed by atoms with Crippen LogP contribution in [0.25, 0.3) is 0 Å². The van der Waals surface area contributed by atoms with Crippen LogP contribution in [0.3, 0.4) is 0 Å². The third-order valence-electron chi connectivity index (χ3n) is 7.01. The van der Waals surface area contributed by atoms with E-state index in [1.165, 1.54) is 0 Å². The van der Waals surface area contributed by atoms with E-state index in [4.69, 9.17) is 25.8 Å². The predicted molar refractivity (Wildman–Crippen MR) is 165 cm³/mol. The van der Waals surface area contributed by atoms with Gasteiger partial charge in [-0.3, -0.25) is 4.79 Å². The molecule has 2 atom stereocenters. The van der Waals surface area contributed by atoms with E-state index < -0.39 is 23.6 Å². The first-order chi connectivity index (χ1) is 20.0. The zero-order valence-corrected chi connectivity index (χ0v) is 26.0. The Labute approximate surface area is 256 Å². The molecule has 1 heterocycles. The maximum atomic E-state index is 13.8. The van der Waals surface area contributed by atoms with Gasteiger partial charge in [0.1, 0.15) is 11.5 Å². The number of hydrogen-bond donors (Lipinski definition) is 0. The highest BCUT2D eigenvalue weighted by atomic mass is 35.5. The van der Waals surface area contributed by atoms with E-state index in [1.54, 1.807) is 60.8 Å². The van der Waals surface area contributed by atoms with Gasteiger partial charge in [0.2, 0.25) is 0 Å². The molecule has 7 nitrogen and oxygen atoms in total. The summed E-state index contributed by atoms with van der Waals surface area (Å²) in [6, 6.07) is 21.4. The zero-order valence-electron chi connectivity index (χ0n) is 24.5. The van der Waals surface area contributed by atoms with Crippen LogP contribution in [-0.2, 0) is 9.53 Å². The highest BCUT2D eigenvalue weighted by Gasteiger charge is 2.42. The molecule has 42 heavy (non-hydrogen) atoms. The first-order valence-corrected chi connectivity index (χ1v) is 15.4. The van der Waals surface area contributed by atoms with Crippen molar-refractivity contribution in [2.75, 3.05) is 26.0 Å². The topological polar surface area (TPSA) is 82.1 Å². The molecule has 9 heteroatoms. The fraction of sp³-hybridized carbons (Fsp3) is 0.364. The lowest BCUT2D eigenvalue weighted by Gasteiger charge is -2.26. The molecule has 0 aromatic heterocycles. The minimum Gasteiger partial charge on any atom is -0.476 e. The van der Waals surface area contributed by atoms with Crippen molar-refractivity contribution in [2.45, 2.75) is 44.1 Å². The van der Waals surface area contributed by atoms with E-state index in [-0.39, 0.29) is 30.7 Å². The van der Waals surface area contributed by atoms with Gasteiger partial charge in [-0.1, -0.05) is 49.7 Å². The van der Waals surface area contributed by atoms with Crippen molar-refractivity contribution in [1.82, 2.24) is 4.90 Å². The Balaban J connectivity index is 1.59. The Morgan fingerprint density at radius 3 is 2.31 bits per heavy atom. The van der Waals surface area contributed by atoms with Crippen LogP contribution >= 0.6 is 23.4 Å². The third-order valence-corrected chi connectivity index (χ3v) is 8.00. The quantitative estimate of drug-likeness (QED) is 0.134. The van der Waals surface area contributed by atoms with Crippen LogP contribution in [0.1, 0.15) is 49.5 Å². The second-order valence-electron chi connectivity index (χ2n) is 11.2. The Hall–Kier alpha value is -3.49. The predicted octanol–water partition coefficient (Wildman–Crippen LogP) is 7.52.